The van der Waals surface area contributed by atoms with E-state index in [1.54, 1.807) is 6.08 Å². The number of halogens is 3. The Morgan fingerprint density at radius 3 is 2.27 bits per heavy atom. The van der Waals surface area contributed by atoms with Crippen molar-refractivity contribution in [2.24, 2.45) is 0 Å². The molecule has 0 N–H and O–H groups in total. The molecule has 0 aliphatic carbocycles. The van der Waals surface area contributed by atoms with Crippen LogP contribution in [0.2, 0.25) is 0 Å². The maximum atomic E-state index is 11.5. The number of alkyl halides is 3. The Kier molecular flexibility index (Phi) is 4.99. The van der Waals surface area contributed by atoms with Gasteiger partial charge in [-0.05, 0) is 6.42 Å². The van der Waals surface area contributed by atoms with Gasteiger partial charge < -0.3 is 0 Å². The number of rotatable bonds is 4. The third kappa shape index (κ3) is 9.53. The van der Waals surface area contributed by atoms with Gasteiger partial charge in [-0.1, -0.05) is 31.9 Å². The van der Waals surface area contributed by atoms with Crippen molar-refractivity contribution in [3.8, 4) is 0 Å². The van der Waals surface area contributed by atoms with Crippen molar-refractivity contribution in [1.29, 1.82) is 0 Å². The highest BCUT2D eigenvalue weighted by atomic mass is 19.4. The van der Waals surface area contributed by atoms with Crippen molar-refractivity contribution in [1.82, 2.24) is 0 Å². The van der Waals surface area contributed by atoms with Crippen LogP contribution in [-0.2, 0) is 0 Å². The van der Waals surface area contributed by atoms with Gasteiger partial charge in [-0.15, -0.1) is 0 Å². The molecule has 0 bridgehead atoms. The Hall–Kier alpha value is -0.470. The minimum absolute atomic E-state index is 0.757. The molecule has 0 unspecified atom stereocenters. The molecule has 0 radical (unpaired) electrons. The molecule has 0 aromatic heterocycles. The van der Waals surface area contributed by atoms with E-state index in [1.165, 1.54) is 6.08 Å². The second-order valence-electron chi connectivity index (χ2n) is 2.43. The van der Waals surface area contributed by atoms with E-state index < -0.39 is 12.6 Å². The number of hydrogen-bond acceptors (Lipinski definition) is 0. The van der Waals surface area contributed by atoms with Crippen LogP contribution in [0.1, 0.15) is 32.6 Å². The van der Waals surface area contributed by atoms with Crippen LogP contribution < -0.4 is 0 Å². The van der Waals surface area contributed by atoms with Gasteiger partial charge in [-0.25, -0.2) is 0 Å². The van der Waals surface area contributed by atoms with Crippen LogP contribution in [-0.4, -0.2) is 6.18 Å². The zero-order valence-corrected chi connectivity index (χ0v) is 6.62. The van der Waals surface area contributed by atoms with Gasteiger partial charge in [-0.3, -0.25) is 0 Å². The summed E-state index contributed by atoms with van der Waals surface area (Å²) in [6.07, 6.45) is 0.698. The molecule has 0 aliphatic rings. The van der Waals surface area contributed by atoms with Crippen molar-refractivity contribution in [3.05, 3.63) is 12.2 Å². The molecule has 0 amide bonds. The van der Waals surface area contributed by atoms with Gasteiger partial charge >= 0.3 is 6.18 Å². The van der Waals surface area contributed by atoms with E-state index in [-0.39, 0.29) is 0 Å². The summed E-state index contributed by atoms with van der Waals surface area (Å²) in [5.41, 5.74) is 0. The first-order valence-electron chi connectivity index (χ1n) is 3.78. The lowest BCUT2D eigenvalue weighted by molar-refractivity contribution is -0.125. The molecule has 0 nitrogen and oxygen atoms in total. The van der Waals surface area contributed by atoms with Gasteiger partial charge in [0.15, 0.2) is 0 Å². The average Bonchev–Trinajstić information content (AvgIpc) is 1.85. The lowest BCUT2D eigenvalue weighted by Gasteiger charge is -1.99. The Morgan fingerprint density at radius 1 is 1.18 bits per heavy atom. The van der Waals surface area contributed by atoms with Gasteiger partial charge in [0, 0.05) is 0 Å². The second-order valence-corrected chi connectivity index (χ2v) is 2.43. The predicted molar refractivity (Wildman–Crippen MR) is 39.3 cm³/mol. The van der Waals surface area contributed by atoms with E-state index >= 15 is 0 Å². The molecule has 0 fully saturated rings. The summed E-state index contributed by atoms with van der Waals surface area (Å²) in [4.78, 5) is 0. The van der Waals surface area contributed by atoms with E-state index in [9.17, 15) is 13.2 Å². The van der Waals surface area contributed by atoms with Crippen LogP contribution in [0.3, 0.4) is 0 Å². The zero-order chi connectivity index (χ0) is 8.74. The third-order valence-corrected chi connectivity index (χ3v) is 1.24. The van der Waals surface area contributed by atoms with E-state index in [4.69, 9.17) is 0 Å². The van der Waals surface area contributed by atoms with Gasteiger partial charge in [-0.2, -0.15) is 13.2 Å². The number of hydrogen-bond donors (Lipinski definition) is 0. The molecular formula is C8H13F3. The second kappa shape index (κ2) is 5.22. The van der Waals surface area contributed by atoms with Crippen molar-refractivity contribution >= 4 is 0 Å². The van der Waals surface area contributed by atoms with E-state index in [0.717, 1.165) is 19.3 Å². The molecule has 0 atom stereocenters. The fourth-order valence-electron chi connectivity index (χ4n) is 0.657. The molecule has 0 aromatic rings. The summed E-state index contributed by atoms with van der Waals surface area (Å²) in [6, 6.07) is 0. The lowest BCUT2D eigenvalue weighted by atomic mass is 10.2. The zero-order valence-electron chi connectivity index (χ0n) is 6.62. The minimum Gasteiger partial charge on any atom is -0.171 e. The Labute approximate surface area is 65.1 Å². The standard InChI is InChI=1S/C8H13F3/c1-2-3-4-5-6-7-8(9,10)11/h5-6H,2-4,7H2,1H3/b6-5+. The van der Waals surface area contributed by atoms with Crippen LogP contribution in [0, 0.1) is 0 Å². The van der Waals surface area contributed by atoms with Gasteiger partial charge in [0.1, 0.15) is 0 Å². The largest absolute Gasteiger partial charge is 0.392 e. The lowest BCUT2D eigenvalue weighted by Crippen LogP contribution is -2.03. The molecule has 66 valence electrons. The first-order valence-corrected chi connectivity index (χ1v) is 3.78. The normalized spacial score (nSPS) is 12.7. The molecule has 0 spiro atoms. The molecule has 0 saturated heterocycles. The summed E-state index contributed by atoms with van der Waals surface area (Å²) in [7, 11) is 0. The fourth-order valence-corrected chi connectivity index (χ4v) is 0.657. The first kappa shape index (κ1) is 10.5. The monoisotopic (exact) mass is 166 g/mol. The first-order chi connectivity index (χ1) is 5.06. The van der Waals surface area contributed by atoms with Gasteiger partial charge in [0.25, 0.3) is 0 Å². The number of unbranched alkanes of at least 4 members (excludes halogenated alkanes) is 2. The third-order valence-electron chi connectivity index (χ3n) is 1.24. The summed E-state index contributed by atoms with van der Waals surface area (Å²) >= 11 is 0. The van der Waals surface area contributed by atoms with Crippen molar-refractivity contribution in [2.45, 2.75) is 38.8 Å². The van der Waals surface area contributed by atoms with Crippen molar-refractivity contribution in [3.63, 3.8) is 0 Å². The van der Waals surface area contributed by atoms with Crippen LogP contribution in [0.5, 0.6) is 0 Å². The van der Waals surface area contributed by atoms with Crippen LogP contribution in [0.15, 0.2) is 12.2 Å². The van der Waals surface area contributed by atoms with Crippen molar-refractivity contribution < 1.29 is 13.2 Å². The van der Waals surface area contributed by atoms with Crippen molar-refractivity contribution in [2.75, 3.05) is 0 Å². The molecule has 0 rings (SSSR count). The summed E-state index contributed by atoms with van der Waals surface area (Å²) in [5.74, 6) is 0. The van der Waals surface area contributed by atoms with Crippen LogP contribution >= 0.6 is 0 Å². The molecular weight excluding hydrogens is 153 g/mol. The highest BCUT2D eigenvalue weighted by Crippen LogP contribution is 2.19. The molecule has 3 heteroatoms. The molecule has 0 heterocycles. The van der Waals surface area contributed by atoms with E-state index in [2.05, 4.69) is 0 Å². The molecule has 0 aromatic carbocycles. The Balaban J connectivity index is 3.30. The smallest absolute Gasteiger partial charge is 0.171 e. The maximum Gasteiger partial charge on any atom is 0.392 e. The molecule has 11 heavy (non-hydrogen) atoms. The van der Waals surface area contributed by atoms with Crippen LogP contribution in [0.25, 0.3) is 0 Å². The highest BCUT2D eigenvalue weighted by molar-refractivity contribution is 4.83. The maximum absolute atomic E-state index is 11.5. The number of allylic oxidation sites excluding steroid dienone is 2. The SMILES string of the molecule is CCCC/C=C/CC(F)(F)F. The highest BCUT2D eigenvalue weighted by Gasteiger charge is 2.24. The summed E-state index contributed by atoms with van der Waals surface area (Å²) in [5, 5.41) is 0. The van der Waals surface area contributed by atoms with Gasteiger partial charge in [0.2, 0.25) is 0 Å². The fraction of sp³-hybridized carbons (Fsp3) is 0.750. The Morgan fingerprint density at radius 2 is 1.82 bits per heavy atom. The quantitative estimate of drug-likeness (QED) is 0.441. The molecule has 0 saturated carbocycles. The minimum atomic E-state index is -4.04. The topological polar surface area (TPSA) is 0 Å². The summed E-state index contributed by atoms with van der Waals surface area (Å²) < 4.78 is 34.5. The van der Waals surface area contributed by atoms with Crippen LogP contribution in [0.4, 0.5) is 13.2 Å². The van der Waals surface area contributed by atoms with Gasteiger partial charge in [0.05, 0.1) is 6.42 Å². The predicted octanol–water partition coefficient (Wildman–Crippen LogP) is 3.69. The summed E-state index contributed by atoms with van der Waals surface area (Å²) in [6.45, 7) is 2.01. The van der Waals surface area contributed by atoms with E-state index in [0.29, 0.717) is 0 Å². The molecule has 0 aliphatic heterocycles. The Bertz CT molecular complexity index is 113. The van der Waals surface area contributed by atoms with E-state index in [1.807, 2.05) is 6.92 Å². The average molecular weight is 166 g/mol.